The Morgan fingerprint density at radius 1 is 1.33 bits per heavy atom. The summed E-state index contributed by atoms with van der Waals surface area (Å²) in [6.45, 7) is 1.96. The fourth-order valence-corrected chi connectivity index (χ4v) is 3.57. The number of rotatable bonds is 4. The van der Waals surface area contributed by atoms with Crippen LogP contribution in [0.2, 0.25) is 0 Å². The number of ether oxygens (including phenoxy) is 1. The van der Waals surface area contributed by atoms with Crippen LogP contribution in [0, 0.1) is 0 Å². The van der Waals surface area contributed by atoms with Crippen molar-refractivity contribution < 1.29 is 9.53 Å². The summed E-state index contributed by atoms with van der Waals surface area (Å²) in [4.78, 5) is 14.3. The van der Waals surface area contributed by atoms with Crippen molar-refractivity contribution in [2.45, 2.75) is 36.9 Å². The van der Waals surface area contributed by atoms with Crippen LogP contribution in [0.15, 0.2) is 30.3 Å². The number of fused-ring (bicyclic) bond motifs is 1. The van der Waals surface area contributed by atoms with Gasteiger partial charge in [-0.3, -0.25) is 9.69 Å². The Morgan fingerprint density at radius 3 is 2.81 bits per heavy atom. The third-order valence-corrected chi connectivity index (χ3v) is 4.78. The van der Waals surface area contributed by atoms with Crippen LogP contribution in [0.1, 0.15) is 24.8 Å². The summed E-state index contributed by atoms with van der Waals surface area (Å²) >= 11 is 0. The molecule has 1 saturated carbocycles. The minimum absolute atomic E-state index is 0.284. The number of amides is 1. The molecule has 5 heteroatoms. The van der Waals surface area contributed by atoms with E-state index in [-0.39, 0.29) is 6.10 Å². The van der Waals surface area contributed by atoms with Crippen molar-refractivity contribution in [3.8, 4) is 0 Å². The van der Waals surface area contributed by atoms with Gasteiger partial charge in [-0.15, -0.1) is 0 Å². The molecule has 1 aliphatic heterocycles. The fourth-order valence-electron chi connectivity index (χ4n) is 3.57. The second-order valence-corrected chi connectivity index (χ2v) is 6.08. The van der Waals surface area contributed by atoms with E-state index < -0.39 is 11.4 Å². The van der Waals surface area contributed by atoms with E-state index in [9.17, 15) is 4.79 Å². The van der Waals surface area contributed by atoms with E-state index >= 15 is 0 Å². The van der Waals surface area contributed by atoms with Gasteiger partial charge in [-0.1, -0.05) is 30.3 Å². The van der Waals surface area contributed by atoms with Crippen LogP contribution >= 0.6 is 0 Å². The molecule has 21 heavy (non-hydrogen) atoms. The highest BCUT2D eigenvalue weighted by Crippen LogP contribution is 2.31. The number of carbonyl (C=O) groups excluding carboxylic acids is 1. The molecule has 5 nitrogen and oxygen atoms in total. The summed E-state index contributed by atoms with van der Waals surface area (Å²) in [6.07, 6.45) is 3.66. The summed E-state index contributed by atoms with van der Waals surface area (Å²) in [5.41, 5.74) is 11.7. The number of hydrogen-bond acceptors (Lipinski definition) is 4. The zero-order valence-corrected chi connectivity index (χ0v) is 12.2. The average Bonchev–Trinajstić information content (AvgIpc) is 2.97. The van der Waals surface area contributed by atoms with Gasteiger partial charge in [0.05, 0.1) is 12.7 Å². The Hall–Kier alpha value is -1.43. The molecule has 2 aliphatic rings. The van der Waals surface area contributed by atoms with Gasteiger partial charge in [0.1, 0.15) is 5.54 Å². The Balaban J connectivity index is 1.84. The number of benzene rings is 1. The molecule has 3 unspecified atom stereocenters. The monoisotopic (exact) mass is 289 g/mol. The second kappa shape index (κ2) is 5.75. The van der Waals surface area contributed by atoms with E-state index in [4.69, 9.17) is 16.2 Å². The number of nitrogens with two attached hydrogens (primary N) is 2. The molecule has 0 aromatic heterocycles. The summed E-state index contributed by atoms with van der Waals surface area (Å²) < 4.78 is 5.81. The molecular weight excluding hydrogens is 266 g/mol. The number of morpholine rings is 1. The normalized spacial score (nSPS) is 28.8. The first-order valence-corrected chi connectivity index (χ1v) is 7.61. The van der Waals surface area contributed by atoms with Crippen molar-refractivity contribution >= 4 is 5.91 Å². The average molecular weight is 289 g/mol. The summed E-state index contributed by atoms with van der Waals surface area (Å²) in [7, 11) is 0. The lowest BCUT2D eigenvalue weighted by Gasteiger charge is -2.41. The van der Waals surface area contributed by atoms with Crippen molar-refractivity contribution in [2.75, 3.05) is 19.7 Å². The fraction of sp³-hybridized carbons (Fsp3) is 0.562. The lowest BCUT2D eigenvalue weighted by atomic mass is 9.88. The van der Waals surface area contributed by atoms with Gasteiger partial charge >= 0.3 is 0 Å². The van der Waals surface area contributed by atoms with Crippen LogP contribution < -0.4 is 11.5 Å². The highest BCUT2D eigenvalue weighted by molar-refractivity contribution is 5.86. The predicted molar refractivity (Wildman–Crippen MR) is 80.5 cm³/mol. The second-order valence-electron chi connectivity index (χ2n) is 6.08. The Bertz CT molecular complexity index is 508. The predicted octanol–water partition coefficient (Wildman–Crippen LogP) is 0.579. The minimum Gasteiger partial charge on any atom is -0.375 e. The minimum atomic E-state index is -1.15. The molecule has 1 aliphatic carbocycles. The molecule has 2 fully saturated rings. The molecule has 0 radical (unpaired) electrons. The van der Waals surface area contributed by atoms with Crippen molar-refractivity contribution in [1.82, 2.24) is 4.90 Å². The number of hydrogen-bond donors (Lipinski definition) is 2. The van der Waals surface area contributed by atoms with Gasteiger partial charge in [-0.2, -0.15) is 0 Å². The number of nitrogens with zero attached hydrogens (tertiary/aromatic N) is 1. The van der Waals surface area contributed by atoms with Crippen LogP contribution in [-0.4, -0.2) is 42.6 Å². The largest absolute Gasteiger partial charge is 0.375 e. The molecule has 1 heterocycles. The van der Waals surface area contributed by atoms with Crippen molar-refractivity contribution in [3.05, 3.63) is 35.9 Å². The Kier molecular flexibility index (Phi) is 3.97. The van der Waals surface area contributed by atoms with Crippen molar-refractivity contribution in [2.24, 2.45) is 11.5 Å². The van der Waals surface area contributed by atoms with Gasteiger partial charge in [0, 0.05) is 19.1 Å². The van der Waals surface area contributed by atoms with E-state index in [1.807, 2.05) is 30.3 Å². The summed E-state index contributed by atoms with van der Waals surface area (Å²) in [6, 6.07) is 9.79. The van der Waals surface area contributed by atoms with Gasteiger partial charge in [0.2, 0.25) is 5.91 Å². The molecule has 114 valence electrons. The highest BCUT2D eigenvalue weighted by Gasteiger charge is 2.42. The molecule has 1 aromatic rings. The van der Waals surface area contributed by atoms with Crippen LogP contribution in [0.4, 0.5) is 0 Å². The zero-order chi connectivity index (χ0) is 14.9. The topological polar surface area (TPSA) is 81.6 Å². The molecule has 0 bridgehead atoms. The van der Waals surface area contributed by atoms with Gasteiger partial charge in [-0.05, 0) is 24.8 Å². The standard InChI is InChI=1S/C16H23N3O2/c17-15(20)16(18,12-5-2-1-3-6-12)11-19-9-10-21-14-8-4-7-13(14)19/h1-3,5-6,13-14H,4,7-11,18H2,(H2,17,20). The lowest BCUT2D eigenvalue weighted by Crippen LogP contribution is -2.60. The lowest BCUT2D eigenvalue weighted by molar-refractivity contribution is -0.126. The number of carbonyl (C=O) groups is 1. The summed E-state index contributed by atoms with van der Waals surface area (Å²) in [5, 5.41) is 0. The quantitative estimate of drug-likeness (QED) is 0.849. The zero-order valence-electron chi connectivity index (χ0n) is 12.2. The van der Waals surface area contributed by atoms with Crippen molar-refractivity contribution in [1.29, 1.82) is 0 Å². The first-order valence-electron chi connectivity index (χ1n) is 7.61. The van der Waals surface area contributed by atoms with E-state index in [1.54, 1.807) is 0 Å². The first-order chi connectivity index (χ1) is 10.1. The Labute approximate surface area is 125 Å². The van der Waals surface area contributed by atoms with E-state index in [1.165, 1.54) is 6.42 Å². The van der Waals surface area contributed by atoms with Crippen LogP contribution in [0.3, 0.4) is 0 Å². The smallest absolute Gasteiger partial charge is 0.243 e. The molecule has 3 rings (SSSR count). The SMILES string of the molecule is NC(=O)C(N)(CN1CCOC2CCCC21)c1ccccc1. The molecule has 1 amide bonds. The first kappa shape index (κ1) is 14.5. The number of primary amides is 1. The van der Waals surface area contributed by atoms with Crippen LogP contribution in [-0.2, 0) is 15.1 Å². The summed E-state index contributed by atoms with van der Waals surface area (Å²) in [5.74, 6) is -0.477. The van der Waals surface area contributed by atoms with Crippen molar-refractivity contribution in [3.63, 3.8) is 0 Å². The van der Waals surface area contributed by atoms with Gasteiger partial charge < -0.3 is 16.2 Å². The molecule has 1 saturated heterocycles. The molecule has 3 atom stereocenters. The van der Waals surface area contributed by atoms with E-state index in [0.717, 1.165) is 24.9 Å². The van der Waals surface area contributed by atoms with Gasteiger partial charge in [0.25, 0.3) is 0 Å². The van der Waals surface area contributed by atoms with E-state index in [0.29, 0.717) is 19.2 Å². The molecule has 1 aromatic carbocycles. The highest BCUT2D eigenvalue weighted by atomic mass is 16.5. The Morgan fingerprint density at radius 2 is 2.10 bits per heavy atom. The van der Waals surface area contributed by atoms with Crippen LogP contribution in [0.5, 0.6) is 0 Å². The molecular formula is C16H23N3O2. The van der Waals surface area contributed by atoms with E-state index in [2.05, 4.69) is 4.90 Å². The maximum absolute atomic E-state index is 12.0. The maximum Gasteiger partial charge on any atom is 0.243 e. The van der Waals surface area contributed by atoms with Crippen LogP contribution in [0.25, 0.3) is 0 Å². The van der Waals surface area contributed by atoms with Gasteiger partial charge in [-0.25, -0.2) is 0 Å². The molecule has 0 spiro atoms. The maximum atomic E-state index is 12.0. The third kappa shape index (κ3) is 2.69. The van der Waals surface area contributed by atoms with Gasteiger partial charge in [0.15, 0.2) is 0 Å². The molecule has 4 N–H and O–H groups in total. The third-order valence-electron chi connectivity index (χ3n) is 4.78.